The average molecular weight is 239 g/mol. The molecule has 2 atom stereocenters. The maximum atomic E-state index is 11.6. The fraction of sp³-hybridized carbons (Fsp3) is 0.545. The number of hydrogen-bond donors (Lipinski definition) is 3. The molecular formula is C11H17N3O3. The van der Waals surface area contributed by atoms with Crippen molar-refractivity contribution in [3.8, 4) is 0 Å². The van der Waals surface area contributed by atoms with E-state index in [1.165, 1.54) is 6.33 Å². The smallest absolute Gasteiger partial charge is 0.326 e. The van der Waals surface area contributed by atoms with Gasteiger partial charge in [0.05, 0.1) is 6.33 Å². The maximum Gasteiger partial charge on any atom is 0.326 e. The predicted octanol–water partition coefficient (Wildman–Crippen LogP) is 0.568. The van der Waals surface area contributed by atoms with Gasteiger partial charge < -0.3 is 15.4 Å². The molecule has 0 fully saturated rings. The number of aliphatic carboxylic acids is 1. The van der Waals surface area contributed by atoms with Gasteiger partial charge in [-0.05, 0) is 6.42 Å². The van der Waals surface area contributed by atoms with Crippen LogP contribution in [0.2, 0.25) is 0 Å². The van der Waals surface area contributed by atoms with Crippen LogP contribution in [0.4, 0.5) is 0 Å². The lowest BCUT2D eigenvalue weighted by atomic mass is 10.1. The lowest BCUT2D eigenvalue weighted by Gasteiger charge is -2.16. The number of aromatic amines is 1. The minimum absolute atomic E-state index is 0.182. The Hall–Kier alpha value is -1.85. The van der Waals surface area contributed by atoms with Crippen LogP contribution in [-0.2, 0) is 16.0 Å². The number of rotatable bonds is 6. The molecule has 1 aromatic heterocycles. The normalized spacial score (nSPS) is 14.0. The van der Waals surface area contributed by atoms with E-state index in [0.29, 0.717) is 12.1 Å². The molecule has 0 bridgehead atoms. The molecule has 2 unspecified atom stereocenters. The van der Waals surface area contributed by atoms with Crippen LogP contribution in [0.25, 0.3) is 0 Å². The van der Waals surface area contributed by atoms with E-state index in [4.69, 9.17) is 5.11 Å². The Morgan fingerprint density at radius 3 is 2.76 bits per heavy atom. The van der Waals surface area contributed by atoms with E-state index in [-0.39, 0.29) is 18.2 Å². The fourth-order valence-corrected chi connectivity index (χ4v) is 1.32. The number of H-pyrrole nitrogens is 1. The zero-order chi connectivity index (χ0) is 12.8. The maximum absolute atomic E-state index is 11.6. The number of aromatic nitrogens is 2. The van der Waals surface area contributed by atoms with Gasteiger partial charge in [-0.25, -0.2) is 9.78 Å². The van der Waals surface area contributed by atoms with Gasteiger partial charge in [-0.1, -0.05) is 13.8 Å². The van der Waals surface area contributed by atoms with Crippen LogP contribution in [0.3, 0.4) is 0 Å². The Morgan fingerprint density at radius 2 is 2.29 bits per heavy atom. The summed E-state index contributed by atoms with van der Waals surface area (Å²) >= 11 is 0. The highest BCUT2D eigenvalue weighted by Gasteiger charge is 2.22. The first-order chi connectivity index (χ1) is 8.04. The number of nitrogens with zero attached hydrogens (tertiary/aromatic N) is 1. The fourth-order valence-electron chi connectivity index (χ4n) is 1.32. The van der Waals surface area contributed by atoms with E-state index >= 15 is 0 Å². The Balaban J connectivity index is 2.61. The van der Waals surface area contributed by atoms with Gasteiger partial charge in [0.15, 0.2) is 0 Å². The zero-order valence-corrected chi connectivity index (χ0v) is 9.93. The Kier molecular flexibility index (Phi) is 4.68. The molecule has 1 rings (SSSR count). The van der Waals surface area contributed by atoms with Crippen LogP contribution in [0.1, 0.15) is 26.0 Å². The van der Waals surface area contributed by atoms with Gasteiger partial charge >= 0.3 is 5.97 Å². The first kappa shape index (κ1) is 13.2. The zero-order valence-electron chi connectivity index (χ0n) is 9.93. The molecular weight excluding hydrogens is 222 g/mol. The van der Waals surface area contributed by atoms with Crippen LogP contribution >= 0.6 is 0 Å². The van der Waals surface area contributed by atoms with Crippen molar-refractivity contribution in [2.75, 3.05) is 0 Å². The number of carboxylic acids is 1. The van der Waals surface area contributed by atoms with Gasteiger partial charge in [0.2, 0.25) is 5.91 Å². The first-order valence-electron chi connectivity index (χ1n) is 5.55. The predicted molar refractivity (Wildman–Crippen MR) is 61.3 cm³/mol. The van der Waals surface area contributed by atoms with Gasteiger partial charge in [0, 0.05) is 24.2 Å². The van der Waals surface area contributed by atoms with Crippen molar-refractivity contribution in [3.63, 3.8) is 0 Å². The molecule has 0 aliphatic carbocycles. The highest BCUT2D eigenvalue weighted by molar-refractivity contribution is 5.84. The summed E-state index contributed by atoms with van der Waals surface area (Å²) in [7, 11) is 0. The molecule has 0 saturated heterocycles. The highest BCUT2D eigenvalue weighted by atomic mass is 16.4. The standard InChI is InChI=1S/C11H17N3O3/c1-3-7(2)10(15)14-9(11(16)17)4-8-5-12-6-13-8/h5-7,9H,3-4H2,1-2H3,(H,12,13)(H,14,15)(H,16,17). The van der Waals surface area contributed by atoms with Crippen LogP contribution in [0, 0.1) is 5.92 Å². The molecule has 0 saturated carbocycles. The number of nitrogens with one attached hydrogen (secondary N) is 2. The van der Waals surface area contributed by atoms with E-state index in [1.54, 1.807) is 13.1 Å². The molecule has 0 aliphatic heterocycles. The first-order valence-corrected chi connectivity index (χ1v) is 5.55. The number of carbonyl (C=O) groups is 2. The van der Waals surface area contributed by atoms with Crippen LogP contribution < -0.4 is 5.32 Å². The summed E-state index contributed by atoms with van der Waals surface area (Å²) in [6.07, 6.45) is 3.91. The SMILES string of the molecule is CCC(C)C(=O)NC(Cc1cnc[nH]1)C(=O)O. The lowest BCUT2D eigenvalue weighted by Crippen LogP contribution is -2.44. The topological polar surface area (TPSA) is 95.1 Å². The van der Waals surface area contributed by atoms with E-state index in [9.17, 15) is 9.59 Å². The molecule has 1 amide bonds. The Morgan fingerprint density at radius 1 is 1.59 bits per heavy atom. The molecule has 1 aromatic rings. The average Bonchev–Trinajstić information content (AvgIpc) is 2.79. The quantitative estimate of drug-likeness (QED) is 0.676. The molecule has 94 valence electrons. The molecule has 0 radical (unpaired) electrons. The summed E-state index contributed by atoms with van der Waals surface area (Å²) in [5.74, 6) is -1.46. The number of imidazole rings is 1. The van der Waals surface area contributed by atoms with Crippen molar-refractivity contribution in [2.24, 2.45) is 5.92 Å². The van der Waals surface area contributed by atoms with Crippen LogP contribution in [0.15, 0.2) is 12.5 Å². The highest BCUT2D eigenvalue weighted by Crippen LogP contribution is 2.04. The van der Waals surface area contributed by atoms with Gasteiger partial charge in [0.25, 0.3) is 0 Å². The van der Waals surface area contributed by atoms with Crippen LogP contribution in [-0.4, -0.2) is 33.0 Å². The number of carbonyl (C=O) groups excluding carboxylic acids is 1. The van der Waals surface area contributed by atoms with Crippen molar-refractivity contribution in [2.45, 2.75) is 32.7 Å². The van der Waals surface area contributed by atoms with Gasteiger partial charge in [-0.2, -0.15) is 0 Å². The van der Waals surface area contributed by atoms with Gasteiger partial charge in [0.1, 0.15) is 6.04 Å². The Bertz CT molecular complexity index is 375. The van der Waals surface area contributed by atoms with Crippen molar-refractivity contribution in [1.29, 1.82) is 0 Å². The second kappa shape index (κ2) is 6.03. The second-order valence-electron chi connectivity index (χ2n) is 3.99. The van der Waals surface area contributed by atoms with Crippen molar-refractivity contribution in [1.82, 2.24) is 15.3 Å². The molecule has 3 N–H and O–H groups in total. The number of hydrogen-bond acceptors (Lipinski definition) is 3. The molecule has 6 nitrogen and oxygen atoms in total. The number of carboxylic acid groups (broad SMARTS) is 1. The van der Waals surface area contributed by atoms with E-state index < -0.39 is 12.0 Å². The lowest BCUT2D eigenvalue weighted by molar-refractivity contribution is -0.142. The van der Waals surface area contributed by atoms with E-state index in [0.717, 1.165) is 0 Å². The van der Waals surface area contributed by atoms with Gasteiger partial charge in [-0.3, -0.25) is 4.79 Å². The largest absolute Gasteiger partial charge is 0.480 e. The Labute approximate surface area is 99.4 Å². The van der Waals surface area contributed by atoms with E-state index in [1.807, 2.05) is 6.92 Å². The summed E-state index contributed by atoms with van der Waals surface area (Å²) in [5.41, 5.74) is 0.682. The summed E-state index contributed by atoms with van der Waals surface area (Å²) in [6.45, 7) is 3.65. The molecule has 0 aromatic carbocycles. The van der Waals surface area contributed by atoms with Gasteiger partial charge in [-0.15, -0.1) is 0 Å². The molecule has 0 aliphatic rings. The molecule has 6 heteroatoms. The second-order valence-corrected chi connectivity index (χ2v) is 3.99. The molecule has 1 heterocycles. The van der Waals surface area contributed by atoms with Crippen molar-refractivity contribution in [3.05, 3.63) is 18.2 Å². The third-order valence-electron chi connectivity index (χ3n) is 2.65. The molecule has 0 spiro atoms. The molecule has 17 heavy (non-hydrogen) atoms. The summed E-state index contributed by atoms with van der Waals surface area (Å²) in [4.78, 5) is 29.3. The summed E-state index contributed by atoms with van der Waals surface area (Å²) in [6, 6.07) is -0.919. The summed E-state index contributed by atoms with van der Waals surface area (Å²) in [5, 5.41) is 11.5. The van der Waals surface area contributed by atoms with Crippen molar-refractivity contribution >= 4 is 11.9 Å². The van der Waals surface area contributed by atoms with Crippen molar-refractivity contribution < 1.29 is 14.7 Å². The monoisotopic (exact) mass is 239 g/mol. The third-order valence-corrected chi connectivity index (χ3v) is 2.65. The minimum Gasteiger partial charge on any atom is -0.480 e. The van der Waals surface area contributed by atoms with Crippen LogP contribution in [0.5, 0.6) is 0 Å². The minimum atomic E-state index is -1.05. The summed E-state index contributed by atoms with van der Waals surface area (Å²) < 4.78 is 0. The van der Waals surface area contributed by atoms with E-state index in [2.05, 4.69) is 15.3 Å². The number of amides is 1. The third kappa shape index (κ3) is 3.90.